The molecule has 0 aliphatic heterocycles. The molecule has 0 saturated carbocycles. The number of nitrogens with zero attached hydrogens (tertiary/aromatic N) is 1. The lowest BCUT2D eigenvalue weighted by molar-refractivity contribution is 1.32. The largest absolute Gasteiger partial charge is 0.384 e. The summed E-state index contributed by atoms with van der Waals surface area (Å²) in [4.78, 5) is 4.13. The molecule has 0 amide bonds. The van der Waals surface area contributed by atoms with Gasteiger partial charge in [0.15, 0.2) is 0 Å². The van der Waals surface area contributed by atoms with Crippen molar-refractivity contribution in [3.8, 4) is 0 Å². The number of nitrogens with two attached hydrogens (primary N) is 1. The zero-order valence-electron chi connectivity index (χ0n) is 7.21. The zero-order chi connectivity index (χ0) is 9.42. The molecule has 1 aromatic carbocycles. The number of nitrogen functional groups attached to an aromatic ring is 1. The van der Waals surface area contributed by atoms with Crippen LogP contribution in [0.4, 0.5) is 5.82 Å². The highest BCUT2D eigenvalue weighted by Gasteiger charge is 2.01. The fourth-order valence-electron chi connectivity index (χ4n) is 1.35. The minimum atomic E-state index is 0.546. The second-order valence-corrected chi connectivity index (χ2v) is 3.81. The monoisotopic (exact) mass is 236 g/mol. The fourth-order valence-corrected chi connectivity index (χ4v) is 1.92. The van der Waals surface area contributed by atoms with E-state index in [0.717, 1.165) is 15.4 Å². The predicted molar refractivity (Wildman–Crippen MR) is 58.6 cm³/mol. The van der Waals surface area contributed by atoms with E-state index in [1.165, 1.54) is 5.56 Å². The van der Waals surface area contributed by atoms with Crippen molar-refractivity contribution in [2.24, 2.45) is 0 Å². The van der Waals surface area contributed by atoms with E-state index in [1.54, 1.807) is 0 Å². The van der Waals surface area contributed by atoms with Crippen LogP contribution in [0.5, 0.6) is 0 Å². The molecule has 1 heterocycles. The van der Waals surface area contributed by atoms with Crippen molar-refractivity contribution in [2.75, 3.05) is 5.73 Å². The molecule has 0 spiro atoms. The van der Waals surface area contributed by atoms with Gasteiger partial charge in [0.05, 0.1) is 0 Å². The summed E-state index contributed by atoms with van der Waals surface area (Å²) in [5.41, 5.74) is 6.86. The Morgan fingerprint density at radius 2 is 2.08 bits per heavy atom. The van der Waals surface area contributed by atoms with Crippen molar-refractivity contribution < 1.29 is 0 Å². The lowest BCUT2D eigenvalue weighted by atomic mass is 10.1. The average Bonchev–Trinajstić information content (AvgIpc) is 2.02. The summed E-state index contributed by atoms with van der Waals surface area (Å²) < 4.78 is 0.808. The van der Waals surface area contributed by atoms with E-state index in [4.69, 9.17) is 5.73 Å². The topological polar surface area (TPSA) is 38.9 Å². The molecule has 2 rings (SSSR count). The predicted octanol–water partition coefficient (Wildman–Crippen LogP) is 2.89. The van der Waals surface area contributed by atoms with Crippen LogP contribution in [0.1, 0.15) is 5.56 Å². The summed E-state index contributed by atoms with van der Waals surface area (Å²) in [6, 6.07) is 8.08. The second-order valence-electron chi connectivity index (χ2n) is 3.06. The first-order valence-electron chi connectivity index (χ1n) is 3.99. The molecule has 0 aliphatic rings. The summed E-state index contributed by atoms with van der Waals surface area (Å²) >= 11 is 3.38. The molecule has 0 aliphatic carbocycles. The van der Waals surface area contributed by atoms with Gasteiger partial charge in [-0.1, -0.05) is 23.8 Å². The maximum absolute atomic E-state index is 5.63. The number of pyridine rings is 1. The molecule has 2 N–H and O–H groups in total. The smallest absolute Gasteiger partial charge is 0.125 e. The maximum Gasteiger partial charge on any atom is 0.125 e. The van der Waals surface area contributed by atoms with Gasteiger partial charge in [0.1, 0.15) is 10.4 Å². The number of aryl methyl sites for hydroxylation is 1. The van der Waals surface area contributed by atoms with Crippen molar-refractivity contribution in [1.82, 2.24) is 4.98 Å². The Morgan fingerprint density at radius 1 is 1.31 bits per heavy atom. The van der Waals surface area contributed by atoms with Crippen molar-refractivity contribution in [1.29, 1.82) is 0 Å². The third-order valence-electron chi connectivity index (χ3n) is 1.96. The third-order valence-corrected chi connectivity index (χ3v) is 2.56. The highest BCUT2D eigenvalue weighted by atomic mass is 79.9. The van der Waals surface area contributed by atoms with Crippen molar-refractivity contribution in [3.63, 3.8) is 0 Å². The summed E-state index contributed by atoms with van der Waals surface area (Å²) in [6.45, 7) is 2.06. The van der Waals surface area contributed by atoms with E-state index < -0.39 is 0 Å². The molecular weight excluding hydrogens is 228 g/mol. The molecule has 0 atom stereocenters. The van der Waals surface area contributed by atoms with Crippen LogP contribution in [0.15, 0.2) is 28.9 Å². The summed E-state index contributed by atoms with van der Waals surface area (Å²) in [6.07, 6.45) is 0. The molecule has 0 saturated heterocycles. The molecule has 3 heteroatoms. The zero-order valence-corrected chi connectivity index (χ0v) is 8.80. The molecule has 0 unspecified atom stereocenters. The SMILES string of the molecule is Cc1ccc2c(Br)nc(N)cc2c1. The molecule has 2 nitrogen and oxygen atoms in total. The van der Waals surface area contributed by atoms with Crippen LogP contribution in [0, 0.1) is 6.92 Å². The summed E-state index contributed by atoms with van der Waals surface area (Å²) in [5.74, 6) is 0.546. The molecule has 0 radical (unpaired) electrons. The van der Waals surface area contributed by atoms with Gasteiger partial charge in [-0.25, -0.2) is 4.98 Å². The van der Waals surface area contributed by atoms with Crippen LogP contribution in [0.3, 0.4) is 0 Å². The van der Waals surface area contributed by atoms with Crippen LogP contribution < -0.4 is 5.73 Å². The molecule has 1 aromatic heterocycles. The van der Waals surface area contributed by atoms with E-state index in [-0.39, 0.29) is 0 Å². The minimum absolute atomic E-state index is 0.546. The first-order chi connectivity index (χ1) is 6.16. The van der Waals surface area contributed by atoms with Gasteiger partial charge in [-0.15, -0.1) is 0 Å². The maximum atomic E-state index is 5.63. The Morgan fingerprint density at radius 3 is 2.85 bits per heavy atom. The highest BCUT2D eigenvalue weighted by molar-refractivity contribution is 9.10. The minimum Gasteiger partial charge on any atom is -0.384 e. The Kier molecular flexibility index (Phi) is 1.96. The van der Waals surface area contributed by atoms with Gasteiger partial charge in [0.25, 0.3) is 0 Å². The number of anilines is 1. The average molecular weight is 237 g/mol. The van der Waals surface area contributed by atoms with Gasteiger partial charge < -0.3 is 5.73 Å². The van der Waals surface area contributed by atoms with Gasteiger partial charge in [-0.3, -0.25) is 0 Å². The normalized spacial score (nSPS) is 10.6. The molecule has 0 bridgehead atoms. The Balaban J connectivity index is 2.86. The van der Waals surface area contributed by atoms with Crippen LogP contribution in [-0.4, -0.2) is 4.98 Å². The van der Waals surface area contributed by atoms with E-state index in [9.17, 15) is 0 Å². The van der Waals surface area contributed by atoms with E-state index in [2.05, 4.69) is 40.0 Å². The molecular formula is C10H9BrN2. The van der Waals surface area contributed by atoms with Gasteiger partial charge in [0, 0.05) is 5.39 Å². The van der Waals surface area contributed by atoms with Crippen molar-refractivity contribution in [3.05, 3.63) is 34.4 Å². The highest BCUT2D eigenvalue weighted by Crippen LogP contribution is 2.24. The second kappa shape index (κ2) is 3.00. The van der Waals surface area contributed by atoms with E-state index >= 15 is 0 Å². The Labute approximate surface area is 84.9 Å². The number of halogens is 1. The number of hydrogen-bond donors (Lipinski definition) is 1. The van der Waals surface area contributed by atoms with E-state index in [0.29, 0.717) is 5.82 Å². The quantitative estimate of drug-likeness (QED) is 0.715. The molecule has 13 heavy (non-hydrogen) atoms. The molecule has 66 valence electrons. The Bertz CT molecular complexity index is 460. The third kappa shape index (κ3) is 1.52. The Hall–Kier alpha value is -1.09. The summed E-state index contributed by atoms with van der Waals surface area (Å²) in [7, 11) is 0. The van der Waals surface area contributed by atoms with Crippen molar-refractivity contribution in [2.45, 2.75) is 6.92 Å². The van der Waals surface area contributed by atoms with Gasteiger partial charge in [0.2, 0.25) is 0 Å². The van der Waals surface area contributed by atoms with Gasteiger partial charge in [-0.2, -0.15) is 0 Å². The fraction of sp³-hybridized carbons (Fsp3) is 0.100. The number of hydrogen-bond acceptors (Lipinski definition) is 2. The summed E-state index contributed by atoms with van der Waals surface area (Å²) in [5, 5.41) is 2.22. The molecule has 2 aromatic rings. The van der Waals surface area contributed by atoms with E-state index in [1.807, 2.05) is 12.1 Å². The molecule has 0 fully saturated rings. The van der Waals surface area contributed by atoms with Gasteiger partial charge >= 0.3 is 0 Å². The van der Waals surface area contributed by atoms with Crippen LogP contribution in [-0.2, 0) is 0 Å². The number of benzene rings is 1. The standard InChI is InChI=1S/C10H9BrN2/c1-6-2-3-8-7(4-6)5-9(12)13-10(8)11/h2-5H,1H3,(H2,12,13). The van der Waals surface area contributed by atoms with Crippen molar-refractivity contribution >= 4 is 32.5 Å². The lowest BCUT2D eigenvalue weighted by Gasteiger charge is -2.02. The van der Waals surface area contributed by atoms with Crippen LogP contribution in [0.2, 0.25) is 0 Å². The number of fused-ring (bicyclic) bond motifs is 1. The lowest BCUT2D eigenvalue weighted by Crippen LogP contribution is -1.90. The number of aromatic nitrogens is 1. The number of rotatable bonds is 0. The van der Waals surface area contributed by atoms with Gasteiger partial charge in [-0.05, 0) is 34.3 Å². The van der Waals surface area contributed by atoms with Crippen LogP contribution >= 0.6 is 15.9 Å². The first kappa shape index (κ1) is 8.51. The first-order valence-corrected chi connectivity index (χ1v) is 4.78. The van der Waals surface area contributed by atoms with Crippen LogP contribution in [0.25, 0.3) is 10.8 Å².